The number of nitrogens with zero attached hydrogens (tertiary/aromatic N) is 3. The lowest BCUT2D eigenvalue weighted by atomic mass is 9.94. The van der Waals surface area contributed by atoms with Crippen LogP contribution in [0.15, 0.2) is 62.6 Å². The molecule has 1 N–H and O–H groups in total. The monoisotopic (exact) mass is 408 g/mol. The first-order chi connectivity index (χ1) is 14.3. The molecule has 3 aliphatic rings. The second-order valence-corrected chi connectivity index (χ2v) is 9.07. The maximum absolute atomic E-state index is 4.77. The molecule has 2 heterocycles. The molecule has 154 valence electrons. The van der Waals surface area contributed by atoms with Gasteiger partial charge in [0.25, 0.3) is 0 Å². The van der Waals surface area contributed by atoms with Crippen molar-refractivity contribution in [2.24, 2.45) is 15.9 Å². The predicted octanol–water partition coefficient (Wildman–Crippen LogP) is 5.52. The molecule has 0 saturated carbocycles. The summed E-state index contributed by atoms with van der Waals surface area (Å²) in [6.07, 6.45) is 16.0. The Morgan fingerprint density at radius 1 is 1.17 bits per heavy atom. The fourth-order valence-electron chi connectivity index (χ4n) is 4.55. The smallest absolute Gasteiger partial charge is 0.135 e. The maximum Gasteiger partial charge on any atom is 0.135 e. The minimum atomic E-state index is 0.211. The van der Waals surface area contributed by atoms with E-state index < -0.39 is 0 Å². The number of hydrogen-bond acceptors (Lipinski definition) is 5. The van der Waals surface area contributed by atoms with Gasteiger partial charge in [-0.25, -0.2) is 9.98 Å². The maximum atomic E-state index is 4.77. The van der Waals surface area contributed by atoms with Gasteiger partial charge in [0, 0.05) is 29.4 Å². The van der Waals surface area contributed by atoms with Crippen molar-refractivity contribution in [1.29, 1.82) is 0 Å². The first-order valence-corrected chi connectivity index (χ1v) is 11.8. The van der Waals surface area contributed by atoms with Crippen LogP contribution in [0.4, 0.5) is 0 Å². The summed E-state index contributed by atoms with van der Waals surface area (Å²) in [5, 5.41) is 0. The zero-order chi connectivity index (χ0) is 20.1. The minimum absolute atomic E-state index is 0.211. The number of benzene rings is 1. The lowest BCUT2D eigenvalue weighted by molar-refractivity contribution is 0.190. The standard InChI is InChI=1S/C24H32N4S/c1-3-19(8-6-7-15-27-29-20-13-11-18(2)12-14-20)28-23-10-5-4-9-21(23)22-16-25-17-26-24(22)28/h9-14,16-17,19,22,24,27H,3-8,15H2,1-2H3. The molecule has 1 aromatic rings. The number of unbranched alkanes of at least 4 members (excludes halogenated alkanes) is 1. The van der Waals surface area contributed by atoms with E-state index in [9.17, 15) is 0 Å². The third-order valence-corrected chi connectivity index (χ3v) is 6.94. The average molecular weight is 409 g/mol. The van der Waals surface area contributed by atoms with Crippen LogP contribution >= 0.6 is 11.9 Å². The Hall–Kier alpha value is -1.85. The van der Waals surface area contributed by atoms with Crippen molar-refractivity contribution in [3.05, 3.63) is 53.3 Å². The minimum Gasteiger partial charge on any atom is -0.346 e. The normalized spacial score (nSPS) is 23.4. The molecule has 1 saturated heterocycles. The van der Waals surface area contributed by atoms with Crippen LogP contribution < -0.4 is 4.72 Å². The SMILES string of the molecule is CCC(CCCCNSc1ccc(C)cc1)N1C2=CCCC=C2C2C=NC=NC21. The van der Waals surface area contributed by atoms with Crippen molar-refractivity contribution >= 4 is 24.5 Å². The molecule has 0 amide bonds. The summed E-state index contributed by atoms with van der Waals surface area (Å²) < 4.78 is 3.51. The molecule has 0 bridgehead atoms. The number of fused-ring (bicyclic) bond motifs is 3. The molecule has 3 atom stereocenters. The molecular formula is C24H32N4S. The van der Waals surface area contributed by atoms with Crippen LogP contribution in [0.2, 0.25) is 0 Å². The first-order valence-electron chi connectivity index (χ1n) is 11.0. The van der Waals surface area contributed by atoms with Crippen molar-refractivity contribution in [3.63, 3.8) is 0 Å². The van der Waals surface area contributed by atoms with Gasteiger partial charge < -0.3 is 4.90 Å². The Morgan fingerprint density at radius 2 is 2.00 bits per heavy atom. The van der Waals surface area contributed by atoms with Crippen LogP contribution in [0.25, 0.3) is 0 Å². The number of aryl methyl sites for hydroxylation is 1. The summed E-state index contributed by atoms with van der Waals surface area (Å²) in [4.78, 5) is 13.0. The van der Waals surface area contributed by atoms with E-state index in [1.54, 1.807) is 18.3 Å². The van der Waals surface area contributed by atoms with Crippen LogP contribution in [0.5, 0.6) is 0 Å². The molecular weight excluding hydrogens is 376 g/mol. The van der Waals surface area contributed by atoms with Gasteiger partial charge in [0.15, 0.2) is 0 Å². The molecule has 0 radical (unpaired) electrons. The quantitative estimate of drug-likeness (QED) is 0.432. The number of nitrogens with one attached hydrogen (secondary N) is 1. The van der Waals surface area contributed by atoms with Gasteiger partial charge in [0.2, 0.25) is 0 Å². The Labute approximate surface area is 179 Å². The molecule has 3 unspecified atom stereocenters. The highest BCUT2D eigenvalue weighted by Gasteiger charge is 2.43. The largest absolute Gasteiger partial charge is 0.346 e. The molecule has 0 spiro atoms. The topological polar surface area (TPSA) is 40.0 Å². The van der Waals surface area contributed by atoms with Crippen molar-refractivity contribution in [2.45, 2.75) is 69.5 Å². The van der Waals surface area contributed by atoms with E-state index in [4.69, 9.17) is 4.99 Å². The highest BCUT2D eigenvalue weighted by molar-refractivity contribution is 7.97. The van der Waals surface area contributed by atoms with Crippen LogP contribution in [-0.2, 0) is 0 Å². The lowest BCUT2D eigenvalue weighted by Crippen LogP contribution is -2.40. The number of rotatable bonds is 9. The summed E-state index contributed by atoms with van der Waals surface area (Å²) in [7, 11) is 0. The summed E-state index contributed by atoms with van der Waals surface area (Å²) >= 11 is 1.74. The zero-order valence-electron chi connectivity index (χ0n) is 17.6. The highest BCUT2D eigenvalue weighted by atomic mass is 32.2. The molecule has 0 aromatic heterocycles. The second-order valence-electron chi connectivity index (χ2n) is 8.10. The van der Waals surface area contributed by atoms with Gasteiger partial charge >= 0.3 is 0 Å². The average Bonchev–Trinajstić information content (AvgIpc) is 3.09. The summed E-state index contributed by atoms with van der Waals surface area (Å²) in [5.74, 6) is 0.341. The van der Waals surface area contributed by atoms with Gasteiger partial charge in [0.1, 0.15) is 12.5 Å². The fraction of sp³-hybridized carbons (Fsp3) is 0.500. The van der Waals surface area contributed by atoms with E-state index >= 15 is 0 Å². The van der Waals surface area contributed by atoms with E-state index in [0.29, 0.717) is 12.0 Å². The number of likely N-dealkylation sites (tertiary alicyclic amines) is 1. The number of allylic oxidation sites excluding steroid dienone is 3. The van der Waals surface area contributed by atoms with Crippen molar-refractivity contribution in [1.82, 2.24) is 9.62 Å². The predicted molar refractivity (Wildman–Crippen MR) is 124 cm³/mol. The Morgan fingerprint density at radius 3 is 2.83 bits per heavy atom. The summed E-state index contributed by atoms with van der Waals surface area (Å²) in [5.41, 5.74) is 4.19. The fourth-order valence-corrected chi connectivity index (χ4v) is 5.23. The molecule has 1 fully saturated rings. The van der Waals surface area contributed by atoms with Crippen LogP contribution in [0.1, 0.15) is 51.0 Å². The first kappa shape index (κ1) is 20.4. The van der Waals surface area contributed by atoms with Crippen molar-refractivity contribution in [2.75, 3.05) is 6.54 Å². The number of aliphatic imine (C=N–C) groups is 2. The van der Waals surface area contributed by atoms with Gasteiger partial charge in [-0.1, -0.05) is 43.2 Å². The van der Waals surface area contributed by atoms with Gasteiger partial charge in [-0.3, -0.25) is 4.72 Å². The van der Waals surface area contributed by atoms with Gasteiger partial charge in [-0.15, -0.1) is 0 Å². The third-order valence-electron chi connectivity index (χ3n) is 6.08. The van der Waals surface area contributed by atoms with Gasteiger partial charge in [-0.05, 0) is 68.7 Å². The van der Waals surface area contributed by atoms with Crippen LogP contribution in [-0.4, -0.2) is 36.2 Å². The van der Waals surface area contributed by atoms with E-state index in [1.807, 2.05) is 0 Å². The molecule has 2 aliphatic heterocycles. The molecule has 1 aromatic carbocycles. The zero-order valence-corrected chi connectivity index (χ0v) is 18.4. The van der Waals surface area contributed by atoms with Crippen molar-refractivity contribution in [3.8, 4) is 0 Å². The highest BCUT2D eigenvalue weighted by Crippen LogP contribution is 2.43. The van der Waals surface area contributed by atoms with Gasteiger partial charge in [-0.2, -0.15) is 0 Å². The summed E-state index contributed by atoms with van der Waals surface area (Å²) in [6, 6.07) is 9.24. The Balaban J connectivity index is 1.28. The second kappa shape index (κ2) is 9.77. The molecule has 5 heteroatoms. The van der Waals surface area contributed by atoms with E-state index in [-0.39, 0.29) is 6.17 Å². The third kappa shape index (κ3) is 4.67. The van der Waals surface area contributed by atoms with Crippen molar-refractivity contribution < 1.29 is 0 Å². The molecule has 4 rings (SSSR count). The Bertz CT molecular complexity index is 809. The molecule has 29 heavy (non-hydrogen) atoms. The molecule has 4 nitrogen and oxygen atoms in total. The van der Waals surface area contributed by atoms with Crippen LogP contribution in [0.3, 0.4) is 0 Å². The Kier molecular flexibility index (Phi) is 6.88. The van der Waals surface area contributed by atoms with Crippen LogP contribution in [0, 0.1) is 12.8 Å². The summed E-state index contributed by atoms with van der Waals surface area (Å²) in [6.45, 7) is 5.48. The number of hydrogen-bond donors (Lipinski definition) is 1. The van der Waals surface area contributed by atoms with E-state index in [0.717, 1.165) is 25.8 Å². The van der Waals surface area contributed by atoms with E-state index in [1.165, 1.54) is 41.0 Å². The van der Waals surface area contributed by atoms with Gasteiger partial charge in [0.05, 0.1) is 5.92 Å². The lowest BCUT2D eigenvalue weighted by Gasteiger charge is -2.35. The molecule has 1 aliphatic carbocycles. The van der Waals surface area contributed by atoms with E-state index in [2.05, 4.69) is 71.1 Å².